The average Bonchev–Trinajstić information content (AvgIpc) is 2.78. The van der Waals surface area contributed by atoms with Crippen LogP contribution < -0.4 is 11.1 Å². The Bertz CT molecular complexity index is 404. The molecule has 6 nitrogen and oxygen atoms in total. The maximum atomic E-state index is 12.0. The molecular weight excluding hydrogens is 302 g/mol. The molecule has 1 aliphatic carbocycles. The molecule has 0 aromatic rings. The number of nitrogens with zero attached hydrogens (tertiary/aromatic N) is 1. The lowest BCUT2D eigenvalue weighted by Gasteiger charge is -2.29. The molecule has 0 aromatic carbocycles. The first-order valence-corrected chi connectivity index (χ1v) is 8.49. The number of sulfonamides is 1. The van der Waals surface area contributed by atoms with E-state index in [4.69, 9.17) is 5.73 Å². The quantitative estimate of drug-likeness (QED) is 0.711. The molecule has 1 aliphatic rings. The lowest BCUT2D eigenvalue weighted by Crippen LogP contribution is -2.53. The summed E-state index contributed by atoms with van der Waals surface area (Å²) in [7, 11) is -3.52. The Hall–Kier alpha value is -0.370. The molecule has 0 spiro atoms. The van der Waals surface area contributed by atoms with E-state index >= 15 is 0 Å². The van der Waals surface area contributed by atoms with E-state index in [2.05, 4.69) is 5.32 Å². The van der Waals surface area contributed by atoms with E-state index in [0.29, 0.717) is 19.6 Å². The van der Waals surface area contributed by atoms with Gasteiger partial charge < -0.3 is 11.1 Å². The Kier molecular flexibility index (Phi) is 8.01. The molecule has 120 valence electrons. The Balaban J connectivity index is 0.00000361. The van der Waals surface area contributed by atoms with Crippen molar-refractivity contribution in [3.05, 3.63) is 0 Å². The van der Waals surface area contributed by atoms with Crippen LogP contribution in [0.5, 0.6) is 0 Å². The van der Waals surface area contributed by atoms with Gasteiger partial charge in [0.25, 0.3) is 0 Å². The van der Waals surface area contributed by atoms with Crippen LogP contribution in [0.25, 0.3) is 0 Å². The van der Waals surface area contributed by atoms with Crippen LogP contribution in [0.15, 0.2) is 0 Å². The zero-order chi connectivity index (χ0) is 14.5. The van der Waals surface area contributed by atoms with Crippen LogP contribution in [0.3, 0.4) is 0 Å². The van der Waals surface area contributed by atoms with E-state index in [0.717, 1.165) is 25.7 Å². The normalized spacial score (nSPS) is 17.8. The van der Waals surface area contributed by atoms with Crippen molar-refractivity contribution in [2.24, 2.45) is 5.73 Å². The summed E-state index contributed by atoms with van der Waals surface area (Å²) >= 11 is 0. The highest BCUT2D eigenvalue weighted by atomic mass is 35.5. The first-order chi connectivity index (χ1) is 8.89. The van der Waals surface area contributed by atoms with Crippen molar-refractivity contribution in [3.63, 3.8) is 0 Å². The summed E-state index contributed by atoms with van der Waals surface area (Å²) < 4.78 is 25.3. The molecule has 1 saturated carbocycles. The summed E-state index contributed by atoms with van der Waals surface area (Å²) in [5.41, 5.74) is 5.33. The second-order valence-corrected chi connectivity index (χ2v) is 7.05. The molecule has 0 saturated heterocycles. The maximum Gasteiger partial charge on any atom is 0.237 e. The molecule has 0 unspecified atom stereocenters. The first-order valence-electron chi connectivity index (χ1n) is 6.88. The van der Waals surface area contributed by atoms with Gasteiger partial charge in [0, 0.05) is 19.6 Å². The minimum absolute atomic E-state index is 0. The molecule has 0 aliphatic heterocycles. The summed E-state index contributed by atoms with van der Waals surface area (Å²) in [6.45, 7) is 4.65. The van der Waals surface area contributed by atoms with E-state index in [1.165, 1.54) is 4.31 Å². The molecule has 0 heterocycles. The van der Waals surface area contributed by atoms with Gasteiger partial charge in [-0.15, -0.1) is 12.4 Å². The van der Waals surface area contributed by atoms with Crippen LogP contribution >= 0.6 is 12.4 Å². The van der Waals surface area contributed by atoms with Crippen LogP contribution in [-0.2, 0) is 14.8 Å². The third kappa shape index (κ3) is 4.87. The zero-order valence-corrected chi connectivity index (χ0v) is 13.9. The van der Waals surface area contributed by atoms with Gasteiger partial charge >= 0.3 is 0 Å². The van der Waals surface area contributed by atoms with Gasteiger partial charge in [-0.1, -0.05) is 26.7 Å². The van der Waals surface area contributed by atoms with Crippen molar-refractivity contribution in [2.75, 3.05) is 25.4 Å². The van der Waals surface area contributed by atoms with Crippen LogP contribution in [0.2, 0.25) is 0 Å². The molecule has 1 rings (SSSR count). The summed E-state index contributed by atoms with van der Waals surface area (Å²) in [5, 5.41) is 2.83. The number of halogens is 1. The standard InChI is InChI=1S/C12H25N3O3S.ClH/c1-3-15(4-2)19(17,18)9-11(16)14-12(10-13)7-5-6-8-12;/h3-10,13H2,1-2H3,(H,14,16);1H. The minimum Gasteiger partial charge on any atom is -0.348 e. The lowest BCUT2D eigenvalue weighted by atomic mass is 9.98. The fraction of sp³-hybridized carbons (Fsp3) is 0.917. The zero-order valence-electron chi connectivity index (χ0n) is 12.2. The summed E-state index contributed by atoms with van der Waals surface area (Å²) in [6, 6.07) is 0. The number of hydrogen-bond acceptors (Lipinski definition) is 4. The van der Waals surface area contributed by atoms with Crippen molar-refractivity contribution in [1.82, 2.24) is 9.62 Å². The van der Waals surface area contributed by atoms with E-state index in [-0.39, 0.29) is 12.4 Å². The van der Waals surface area contributed by atoms with Crippen molar-refractivity contribution >= 4 is 28.3 Å². The third-order valence-electron chi connectivity index (χ3n) is 3.77. The second-order valence-electron chi connectivity index (χ2n) is 5.08. The molecule has 8 heteroatoms. The van der Waals surface area contributed by atoms with Crippen LogP contribution in [0.4, 0.5) is 0 Å². The molecular formula is C12H26ClN3O3S. The van der Waals surface area contributed by atoms with Gasteiger partial charge in [-0.2, -0.15) is 0 Å². The monoisotopic (exact) mass is 327 g/mol. The highest BCUT2D eigenvalue weighted by Gasteiger charge is 2.35. The minimum atomic E-state index is -3.52. The highest BCUT2D eigenvalue weighted by Crippen LogP contribution is 2.28. The van der Waals surface area contributed by atoms with Gasteiger partial charge in [0.05, 0.1) is 5.54 Å². The smallest absolute Gasteiger partial charge is 0.237 e. The number of hydrogen-bond donors (Lipinski definition) is 2. The van der Waals surface area contributed by atoms with E-state index in [9.17, 15) is 13.2 Å². The molecule has 1 amide bonds. The Morgan fingerprint density at radius 2 is 1.75 bits per heavy atom. The molecule has 0 radical (unpaired) electrons. The van der Waals surface area contributed by atoms with E-state index in [1.54, 1.807) is 13.8 Å². The fourth-order valence-corrected chi connectivity index (χ4v) is 4.01. The van der Waals surface area contributed by atoms with Crippen LogP contribution in [0.1, 0.15) is 39.5 Å². The molecule has 1 fully saturated rings. The van der Waals surface area contributed by atoms with Gasteiger partial charge in [0.1, 0.15) is 5.75 Å². The molecule has 0 aromatic heterocycles. The van der Waals surface area contributed by atoms with E-state index < -0.39 is 27.2 Å². The number of amides is 1. The van der Waals surface area contributed by atoms with Gasteiger partial charge in [-0.25, -0.2) is 12.7 Å². The van der Waals surface area contributed by atoms with Crippen LogP contribution in [-0.4, -0.2) is 49.6 Å². The Morgan fingerprint density at radius 3 is 2.15 bits per heavy atom. The van der Waals surface area contributed by atoms with Gasteiger partial charge in [-0.05, 0) is 12.8 Å². The summed E-state index contributed by atoms with van der Waals surface area (Å²) in [6.07, 6.45) is 3.72. The van der Waals surface area contributed by atoms with Crippen LogP contribution in [0, 0.1) is 0 Å². The van der Waals surface area contributed by atoms with Gasteiger partial charge in [0.15, 0.2) is 0 Å². The Labute approximate surface area is 127 Å². The Morgan fingerprint density at radius 1 is 1.25 bits per heavy atom. The summed E-state index contributed by atoms with van der Waals surface area (Å²) in [4.78, 5) is 11.9. The fourth-order valence-electron chi connectivity index (χ4n) is 2.64. The number of nitrogens with two attached hydrogens (primary N) is 1. The van der Waals surface area contributed by atoms with Crippen molar-refractivity contribution in [1.29, 1.82) is 0 Å². The highest BCUT2D eigenvalue weighted by molar-refractivity contribution is 7.89. The molecule has 3 N–H and O–H groups in total. The molecule has 0 bridgehead atoms. The number of carbonyl (C=O) groups is 1. The number of rotatable bonds is 7. The van der Waals surface area contributed by atoms with Crippen molar-refractivity contribution in [2.45, 2.75) is 45.1 Å². The topological polar surface area (TPSA) is 92.5 Å². The average molecular weight is 328 g/mol. The maximum absolute atomic E-state index is 12.0. The molecule has 20 heavy (non-hydrogen) atoms. The van der Waals surface area contributed by atoms with Crippen molar-refractivity contribution < 1.29 is 13.2 Å². The predicted octanol–water partition coefficient (Wildman–Crippen LogP) is 0.468. The lowest BCUT2D eigenvalue weighted by molar-refractivity contribution is -0.120. The SMILES string of the molecule is CCN(CC)S(=O)(=O)CC(=O)NC1(CN)CCCC1.Cl. The predicted molar refractivity (Wildman–Crippen MR) is 82.4 cm³/mol. The summed E-state index contributed by atoms with van der Waals surface area (Å²) in [5.74, 6) is -0.935. The largest absolute Gasteiger partial charge is 0.348 e. The van der Waals surface area contributed by atoms with Gasteiger partial charge in [0.2, 0.25) is 15.9 Å². The van der Waals surface area contributed by atoms with E-state index in [1.807, 2.05) is 0 Å². The molecule has 0 atom stereocenters. The van der Waals surface area contributed by atoms with Gasteiger partial charge in [-0.3, -0.25) is 4.79 Å². The third-order valence-corrected chi connectivity index (χ3v) is 5.70. The number of nitrogens with one attached hydrogen (secondary N) is 1. The second kappa shape index (κ2) is 8.17. The number of carbonyl (C=O) groups excluding carboxylic acids is 1. The first kappa shape index (κ1) is 19.6. The van der Waals surface area contributed by atoms with Crippen molar-refractivity contribution in [3.8, 4) is 0 Å².